The van der Waals surface area contributed by atoms with Crippen molar-refractivity contribution in [3.8, 4) is 0 Å². The zero-order valence-corrected chi connectivity index (χ0v) is 10.4. The number of rotatable bonds is 6. The van der Waals surface area contributed by atoms with Crippen molar-refractivity contribution in [2.24, 2.45) is 5.92 Å². The highest BCUT2D eigenvalue weighted by atomic mass is 16.1. The van der Waals surface area contributed by atoms with Gasteiger partial charge in [0.15, 0.2) is 0 Å². The Kier molecular flexibility index (Phi) is 5.20. The van der Waals surface area contributed by atoms with Crippen molar-refractivity contribution in [2.75, 3.05) is 7.05 Å². The molecule has 0 saturated carbocycles. The molecule has 2 nitrogen and oxygen atoms in total. The van der Waals surface area contributed by atoms with Gasteiger partial charge in [-0.25, -0.2) is 0 Å². The highest BCUT2D eigenvalue weighted by Gasteiger charge is 2.15. The first kappa shape index (κ1) is 12.9. The van der Waals surface area contributed by atoms with Crippen molar-refractivity contribution in [3.63, 3.8) is 0 Å². The molecule has 88 valence electrons. The Morgan fingerprint density at radius 1 is 1.25 bits per heavy atom. The van der Waals surface area contributed by atoms with Gasteiger partial charge in [-0.3, -0.25) is 4.90 Å². The first-order chi connectivity index (χ1) is 7.63. The molecule has 0 bridgehead atoms. The van der Waals surface area contributed by atoms with Crippen LogP contribution < -0.4 is 0 Å². The molecule has 0 radical (unpaired) electrons. The highest BCUT2D eigenvalue weighted by molar-refractivity contribution is 5.57. The van der Waals surface area contributed by atoms with Gasteiger partial charge < -0.3 is 4.79 Å². The molecule has 0 fully saturated rings. The lowest BCUT2D eigenvalue weighted by molar-refractivity contribution is -0.112. The fourth-order valence-electron chi connectivity index (χ4n) is 1.81. The normalized spacial score (nSPS) is 13.1. The van der Waals surface area contributed by atoms with E-state index >= 15 is 0 Å². The molecule has 1 aromatic carbocycles. The molecule has 0 aliphatic rings. The third-order valence-electron chi connectivity index (χ3n) is 2.71. The average molecular weight is 219 g/mol. The molecule has 0 saturated heterocycles. The van der Waals surface area contributed by atoms with Crippen LogP contribution in [-0.2, 0) is 11.3 Å². The molecule has 0 N–H and O–H groups in total. The quantitative estimate of drug-likeness (QED) is 0.686. The lowest BCUT2D eigenvalue weighted by Crippen LogP contribution is -2.33. The number of hydrogen-bond acceptors (Lipinski definition) is 2. The summed E-state index contributed by atoms with van der Waals surface area (Å²) in [6.07, 6.45) is 1.98. The Hall–Kier alpha value is -1.15. The van der Waals surface area contributed by atoms with E-state index in [0.29, 0.717) is 5.92 Å². The van der Waals surface area contributed by atoms with E-state index < -0.39 is 0 Å². The highest BCUT2D eigenvalue weighted by Crippen LogP contribution is 2.11. The van der Waals surface area contributed by atoms with E-state index in [1.807, 2.05) is 25.2 Å². The third-order valence-corrected chi connectivity index (χ3v) is 2.71. The second-order valence-electron chi connectivity index (χ2n) is 4.73. The molecule has 2 heteroatoms. The van der Waals surface area contributed by atoms with E-state index in [9.17, 15) is 4.79 Å². The second kappa shape index (κ2) is 6.44. The molecule has 16 heavy (non-hydrogen) atoms. The molecule has 0 aromatic heterocycles. The van der Waals surface area contributed by atoms with Gasteiger partial charge in [-0.15, -0.1) is 0 Å². The number of aldehydes is 1. The summed E-state index contributed by atoms with van der Waals surface area (Å²) in [6, 6.07) is 10.3. The van der Waals surface area contributed by atoms with Crippen LogP contribution in [0.3, 0.4) is 0 Å². The SMILES string of the molecule is CC(C)CC(C=O)N(C)Cc1ccccc1. The fraction of sp³-hybridized carbons (Fsp3) is 0.500. The van der Waals surface area contributed by atoms with Crippen LogP contribution in [0.2, 0.25) is 0 Å². The van der Waals surface area contributed by atoms with Gasteiger partial charge in [0, 0.05) is 6.54 Å². The summed E-state index contributed by atoms with van der Waals surface area (Å²) in [5.74, 6) is 0.549. The van der Waals surface area contributed by atoms with E-state index in [4.69, 9.17) is 0 Å². The maximum absolute atomic E-state index is 11.0. The van der Waals surface area contributed by atoms with Crippen molar-refractivity contribution in [1.82, 2.24) is 4.90 Å². The Bertz CT molecular complexity index is 308. The Morgan fingerprint density at radius 3 is 2.38 bits per heavy atom. The number of benzene rings is 1. The number of carbonyl (C=O) groups is 1. The van der Waals surface area contributed by atoms with Crippen LogP contribution in [0.5, 0.6) is 0 Å². The monoisotopic (exact) mass is 219 g/mol. The van der Waals surface area contributed by atoms with E-state index in [-0.39, 0.29) is 6.04 Å². The van der Waals surface area contributed by atoms with Crippen LogP contribution in [0.4, 0.5) is 0 Å². The van der Waals surface area contributed by atoms with Crippen molar-refractivity contribution in [1.29, 1.82) is 0 Å². The first-order valence-corrected chi connectivity index (χ1v) is 5.83. The lowest BCUT2D eigenvalue weighted by atomic mass is 10.0. The molecule has 0 aliphatic heterocycles. The summed E-state index contributed by atoms with van der Waals surface area (Å²) >= 11 is 0. The molecule has 1 atom stereocenters. The average Bonchev–Trinajstić information content (AvgIpc) is 2.26. The molecule has 1 aromatic rings. The summed E-state index contributed by atoms with van der Waals surface area (Å²) in [7, 11) is 2.01. The first-order valence-electron chi connectivity index (χ1n) is 5.83. The topological polar surface area (TPSA) is 20.3 Å². The Labute approximate surface area is 98.3 Å². The lowest BCUT2D eigenvalue weighted by Gasteiger charge is -2.24. The number of nitrogens with zero attached hydrogens (tertiary/aromatic N) is 1. The Morgan fingerprint density at radius 2 is 1.88 bits per heavy atom. The van der Waals surface area contributed by atoms with E-state index in [0.717, 1.165) is 19.3 Å². The third kappa shape index (κ3) is 4.15. The minimum atomic E-state index is 0.0280. The predicted molar refractivity (Wildman–Crippen MR) is 67.2 cm³/mol. The molecule has 0 amide bonds. The van der Waals surface area contributed by atoms with Crippen molar-refractivity contribution >= 4 is 6.29 Å². The van der Waals surface area contributed by atoms with Gasteiger partial charge in [-0.1, -0.05) is 44.2 Å². The molecule has 1 rings (SSSR count). The minimum absolute atomic E-state index is 0.0280. The van der Waals surface area contributed by atoms with E-state index in [1.54, 1.807) is 0 Å². The smallest absolute Gasteiger partial charge is 0.137 e. The Balaban J connectivity index is 2.56. The zero-order valence-electron chi connectivity index (χ0n) is 10.4. The maximum Gasteiger partial charge on any atom is 0.137 e. The van der Waals surface area contributed by atoms with Gasteiger partial charge in [0.05, 0.1) is 6.04 Å². The molecular formula is C14H21NO. The van der Waals surface area contributed by atoms with Crippen LogP contribution in [0, 0.1) is 5.92 Å². The molecular weight excluding hydrogens is 198 g/mol. The predicted octanol–water partition coefficient (Wildman–Crippen LogP) is 2.73. The van der Waals surface area contributed by atoms with Gasteiger partial charge in [0.2, 0.25) is 0 Å². The molecule has 0 spiro atoms. The van der Waals surface area contributed by atoms with E-state index in [1.165, 1.54) is 5.56 Å². The van der Waals surface area contributed by atoms with Crippen LogP contribution in [-0.4, -0.2) is 24.3 Å². The van der Waals surface area contributed by atoms with Crippen LogP contribution in [0.1, 0.15) is 25.8 Å². The van der Waals surface area contributed by atoms with E-state index in [2.05, 4.69) is 30.9 Å². The van der Waals surface area contributed by atoms with Gasteiger partial charge in [-0.2, -0.15) is 0 Å². The maximum atomic E-state index is 11.0. The van der Waals surface area contributed by atoms with Crippen molar-refractivity contribution in [2.45, 2.75) is 32.9 Å². The van der Waals surface area contributed by atoms with Gasteiger partial charge >= 0.3 is 0 Å². The molecule has 1 unspecified atom stereocenters. The summed E-state index contributed by atoms with van der Waals surface area (Å²) in [4.78, 5) is 13.1. The summed E-state index contributed by atoms with van der Waals surface area (Å²) < 4.78 is 0. The van der Waals surface area contributed by atoms with Crippen LogP contribution in [0.15, 0.2) is 30.3 Å². The molecule has 0 aliphatic carbocycles. The van der Waals surface area contributed by atoms with Crippen molar-refractivity contribution in [3.05, 3.63) is 35.9 Å². The number of hydrogen-bond donors (Lipinski definition) is 0. The van der Waals surface area contributed by atoms with Crippen LogP contribution in [0.25, 0.3) is 0 Å². The summed E-state index contributed by atoms with van der Waals surface area (Å²) in [5, 5.41) is 0. The molecule has 0 heterocycles. The van der Waals surface area contributed by atoms with Gasteiger partial charge in [0.1, 0.15) is 6.29 Å². The zero-order chi connectivity index (χ0) is 12.0. The van der Waals surface area contributed by atoms with Gasteiger partial charge in [0.25, 0.3) is 0 Å². The minimum Gasteiger partial charge on any atom is -0.302 e. The number of carbonyl (C=O) groups excluding carboxylic acids is 1. The van der Waals surface area contributed by atoms with Crippen LogP contribution >= 0.6 is 0 Å². The standard InChI is InChI=1S/C14H21NO/c1-12(2)9-14(11-16)15(3)10-13-7-5-4-6-8-13/h4-8,11-12,14H,9-10H2,1-3H3. The van der Waals surface area contributed by atoms with Crippen molar-refractivity contribution < 1.29 is 4.79 Å². The fourth-order valence-corrected chi connectivity index (χ4v) is 1.81. The number of likely N-dealkylation sites (N-methyl/N-ethyl adjacent to an activating group) is 1. The summed E-state index contributed by atoms with van der Waals surface area (Å²) in [6.45, 7) is 5.12. The largest absolute Gasteiger partial charge is 0.302 e. The second-order valence-corrected chi connectivity index (χ2v) is 4.73. The van der Waals surface area contributed by atoms with Gasteiger partial charge in [-0.05, 0) is 24.9 Å². The summed E-state index contributed by atoms with van der Waals surface area (Å²) in [5.41, 5.74) is 1.25.